The van der Waals surface area contributed by atoms with E-state index >= 15 is 0 Å². The molecule has 3 fully saturated rings. The van der Waals surface area contributed by atoms with Gasteiger partial charge in [0.1, 0.15) is 0 Å². The minimum atomic E-state index is 0.991. The van der Waals surface area contributed by atoms with Crippen molar-refractivity contribution in [3.8, 4) is 0 Å². The molecule has 3 rings (SSSR count). The average molecular weight is 291 g/mol. The van der Waals surface area contributed by atoms with Crippen LogP contribution in [0.3, 0.4) is 0 Å². The van der Waals surface area contributed by atoms with Crippen molar-refractivity contribution in [1.29, 1.82) is 0 Å². The van der Waals surface area contributed by atoms with Crippen LogP contribution in [0.1, 0.15) is 97.3 Å². The molecule has 3 aliphatic rings. The lowest BCUT2D eigenvalue weighted by Gasteiger charge is -2.29. The predicted octanol–water partition coefficient (Wildman–Crippen LogP) is 6.84. The fourth-order valence-corrected chi connectivity index (χ4v) is 6.15. The molecule has 0 heterocycles. The Morgan fingerprint density at radius 1 is 0.429 bits per heavy atom. The van der Waals surface area contributed by atoms with Crippen LogP contribution in [0.25, 0.3) is 0 Å². The van der Waals surface area contributed by atoms with E-state index in [4.69, 9.17) is 0 Å². The first-order chi connectivity index (χ1) is 10.2. The minimum Gasteiger partial charge on any atom is -0.0625 e. The third-order valence-corrected chi connectivity index (χ3v) is 7.28. The second-order valence-electron chi connectivity index (χ2n) is 9.10. The summed E-state index contributed by atoms with van der Waals surface area (Å²) in [6.45, 7) is 5.14. The molecule has 0 N–H and O–H groups in total. The monoisotopic (exact) mass is 290 g/mol. The highest BCUT2D eigenvalue weighted by molar-refractivity contribution is 4.83. The Balaban J connectivity index is 1.62. The van der Waals surface area contributed by atoms with E-state index in [-0.39, 0.29) is 0 Å². The van der Waals surface area contributed by atoms with Crippen molar-refractivity contribution in [1.82, 2.24) is 0 Å². The Morgan fingerprint density at radius 3 is 1.52 bits per heavy atom. The van der Waals surface area contributed by atoms with Gasteiger partial charge in [-0.05, 0) is 61.2 Å². The minimum absolute atomic E-state index is 0.991. The summed E-state index contributed by atoms with van der Waals surface area (Å²) in [6, 6.07) is 0. The van der Waals surface area contributed by atoms with E-state index in [1.165, 1.54) is 32.1 Å². The van der Waals surface area contributed by atoms with Gasteiger partial charge in [0, 0.05) is 0 Å². The molecule has 0 aromatic carbocycles. The molecule has 0 radical (unpaired) electrons. The zero-order chi connectivity index (χ0) is 14.7. The molecule has 122 valence electrons. The van der Waals surface area contributed by atoms with Crippen LogP contribution in [0.2, 0.25) is 0 Å². The van der Waals surface area contributed by atoms with Crippen LogP contribution in [-0.4, -0.2) is 0 Å². The molecule has 0 amide bonds. The first-order valence-electron chi connectivity index (χ1n) is 10.2. The van der Waals surface area contributed by atoms with E-state index in [1.54, 1.807) is 51.4 Å². The molecule has 21 heavy (non-hydrogen) atoms. The highest BCUT2D eigenvalue weighted by Gasteiger charge is 2.32. The van der Waals surface area contributed by atoms with E-state index in [0.29, 0.717) is 0 Å². The highest BCUT2D eigenvalue weighted by Crippen LogP contribution is 2.44. The Labute approximate surface area is 133 Å². The van der Waals surface area contributed by atoms with E-state index < -0.39 is 0 Å². The van der Waals surface area contributed by atoms with Gasteiger partial charge in [-0.2, -0.15) is 0 Å². The fraction of sp³-hybridized carbons (Fsp3) is 1.00. The van der Waals surface area contributed by atoms with Crippen molar-refractivity contribution < 1.29 is 0 Å². The summed E-state index contributed by atoms with van der Waals surface area (Å²) in [6.07, 6.45) is 20.0. The maximum Gasteiger partial charge on any atom is -0.0381 e. The molecule has 0 spiro atoms. The smallest absolute Gasteiger partial charge is 0.0381 e. The van der Waals surface area contributed by atoms with Crippen LogP contribution in [-0.2, 0) is 0 Å². The van der Waals surface area contributed by atoms with Crippen molar-refractivity contribution in [3.05, 3.63) is 0 Å². The molecule has 0 aromatic rings. The van der Waals surface area contributed by atoms with Gasteiger partial charge >= 0.3 is 0 Å². The van der Waals surface area contributed by atoms with Crippen molar-refractivity contribution in [2.24, 2.45) is 35.5 Å². The molecule has 0 bridgehead atoms. The van der Waals surface area contributed by atoms with Gasteiger partial charge in [0.15, 0.2) is 0 Å². The number of rotatable bonds is 2. The van der Waals surface area contributed by atoms with Gasteiger partial charge < -0.3 is 0 Å². The molecule has 0 saturated heterocycles. The second-order valence-corrected chi connectivity index (χ2v) is 9.10. The third kappa shape index (κ3) is 4.26. The van der Waals surface area contributed by atoms with Crippen LogP contribution in [0.4, 0.5) is 0 Å². The Kier molecular flexibility index (Phi) is 5.68. The van der Waals surface area contributed by atoms with E-state index in [1.807, 2.05) is 0 Å². The van der Waals surface area contributed by atoms with Gasteiger partial charge in [0.25, 0.3) is 0 Å². The van der Waals surface area contributed by atoms with Gasteiger partial charge in [-0.1, -0.05) is 71.6 Å². The van der Waals surface area contributed by atoms with Gasteiger partial charge in [0.05, 0.1) is 0 Å². The Hall–Kier alpha value is 0. The largest absolute Gasteiger partial charge is 0.0625 e. The maximum absolute atomic E-state index is 2.58. The van der Waals surface area contributed by atoms with Crippen LogP contribution in [0, 0.1) is 35.5 Å². The normalized spacial score (nSPS) is 40.9. The zero-order valence-electron chi connectivity index (χ0n) is 14.7. The van der Waals surface area contributed by atoms with Crippen LogP contribution >= 0.6 is 0 Å². The Morgan fingerprint density at radius 2 is 0.905 bits per heavy atom. The van der Waals surface area contributed by atoms with Crippen LogP contribution in [0.5, 0.6) is 0 Å². The summed E-state index contributed by atoms with van der Waals surface area (Å²) in [4.78, 5) is 0. The summed E-state index contributed by atoms with van der Waals surface area (Å²) < 4.78 is 0. The van der Waals surface area contributed by atoms with Gasteiger partial charge in [-0.15, -0.1) is 0 Å². The average Bonchev–Trinajstić information content (AvgIpc) is 3.14. The lowest BCUT2D eigenvalue weighted by atomic mass is 9.77. The maximum atomic E-state index is 2.58. The van der Waals surface area contributed by atoms with Gasteiger partial charge in [-0.3, -0.25) is 0 Å². The lowest BCUT2D eigenvalue weighted by molar-refractivity contribution is 0.220. The molecule has 0 aromatic heterocycles. The van der Waals surface area contributed by atoms with Crippen molar-refractivity contribution >= 4 is 0 Å². The first kappa shape index (κ1) is 15.9. The predicted molar refractivity (Wildman–Crippen MR) is 92.3 cm³/mol. The summed E-state index contributed by atoms with van der Waals surface area (Å²) in [5.41, 5.74) is 0. The number of hydrogen-bond acceptors (Lipinski definition) is 0. The molecule has 0 nitrogen and oxygen atoms in total. The van der Waals surface area contributed by atoms with Crippen LogP contribution in [0.15, 0.2) is 0 Å². The van der Waals surface area contributed by atoms with Gasteiger partial charge in [0.2, 0.25) is 0 Å². The van der Waals surface area contributed by atoms with Gasteiger partial charge in [-0.25, -0.2) is 0 Å². The standard InChI is InChI=1S/C21H38/c1-16-11-12-20(18-7-3-4-8-18)14-17(2)15-21(13-16)19-9-5-6-10-19/h16-21H,3-15H2,1-2H3. The molecule has 0 heteroatoms. The SMILES string of the molecule is CC1CCC(C2CCCC2)CC(C)CC(C2CCCC2)C1. The fourth-order valence-electron chi connectivity index (χ4n) is 6.15. The molecular weight excluding hydrogens is 252 g/mol. The molecule has 3 saturated carbocycles. The zero-order valence-corrected chi connectivity index (χ0v) is 14.7. The van der Waals surface area contributed by atoms with Crippen molar-refractivity contribution in [2.45, 2.75) is 97.3 Å². The highest BCUT2D eigenvalue weighted by atomic mass is 14.4. The lowest BCUT2D eigenvalue weighted by Crippen LogP contribution is -2.18. The van der Waals surface area contributed by atoms with E-state index in [0.717, 1.165) is 35.5 Å². The summed E-state index contributed by atoms with van der Waals surface area (Å²) >= 11 is 0. The topological polar surface area (TPSA) is 0 Å². The van der Waals surface area contributed by atoms with Crippen LogP contribution < -0.4 is 0 Å². The van der Waals surface area contributed by atoms with E-state index in [9.17, 15) is 0 Å². The molecule has 0 aliphatic heterocycles. The summed E-state index contributed by atoms with van der Waals surface area (Å²) in [5.74, 6) is 6.32. The quantitative estimate of drug-likeness (QED) is 0.522. The number of hydrogen-bond donors (Lipinski definition) is 0. The van der Waals surface area contributed by atoms with Crippen molar-refractivity contribution in [2.75, 3.05) is 0 Å². The molecule has 3 aliphatic carbocycles. The molecule has 4 unspecified atom stereocenters. The second kappa shape index (κ2) is 7.51. The van der Waals surface area contributed by atoms with E-state index in [2.05, 4.69) is 13.8 Å². The Bertz CT molecular complexity index is 295. The summed E-state index contributed by atoms with van der Waals surface area (Å²) in [5, 5.41) is 0. The third-order valence-electron chi connectivity index (χ3n) is 7.28. The molecular formula is C21H38. The summed E-state index contributed by atoms with van der Waals surface area (Å²) in [7, 11) is 0. The first-order valence-corrected chi connectivity index (χ1v) is 10.2. The molecule has 4 atom stereocenters. The van der Waals surface area contributed by atoms with Crippen molar-refractivity contribution in [3.63, 3.8) is 0 Å².